The van der Waals surface area contributed by atoms with Gasteiger partial charge in [0.2, 0.25) is 0 Å². The monoisotopic (exact) mass is 418 g/mol. The second-order valence-electron chi connectivity index (χ2n) is 7.61. The third kappa shape index (κ3) is 4.28. The largest absolute Gasteiger partial charge is 0.493 e. The Morgan fingerprint density at radius 1 is 0.903 bits per heavy atom. The van der Waals surface area contributed by atoms with Crippen molar-refractivity contribution in [3.8, 4) is 11.5 Å². The van der Waals surface area contributed by atoms with Crippen LogP contribution in [0.25, 0.3) is 10.9 Å². The standard InChI is InChI=1S/C26H27FN2O2/c1-17(18-11-13-19(27)14-12-18)28-15-23(21-8-6-10-25(30-2)26(21)31-3)22-16-29-24-9-5-4-7-20(22)24/h4-14,16-17,23,28-29H,15H2,1-3H3/t17-,23+/m1/s1. The molecule has 0 aliphatic carbocycles. The van der Waals surface area contributed by atoms with Crippen LogP contribution < -0.4 is 14.8 Å². The molecule has 1 aromatic heterocycles. The molecule has 1 heterocycles. The van der Waals surface area contributed by atoms with Gasteiger partial charge in [-0.3, -0.25) is 0 Å². The molecule has 0 saturated carbocycles. The van der Waals surface area contributed by atoms with Gasteiger partial charge in [-0.05, 0) is 42.3 Å². The van der Waals surface area contributed by atoms with Gasteiger partial charge >= 0.3 is 0 Å². The Kier molecular flexibility index (Phi) is 6.23. The minimum absolute atomic E-state index is 0.0177. The zero-order valence-corrected chi connectivity index (χ0v) is 18.0. The molecule has 4 rings (SSSR count). The van der Waals surface area contributed by atoms with E-state index in [0.29, 0.717) is 12.3 Å². The normalized spacial score (nSPS) is 13.2. The zero-order chi connectivity index (χ0) is 21.8. The first-order valence-electron chi connectivity index (χ1n) is 10.4. The van der Waals surface area contributed by atoms with Crippen molar-refractivity contribution < 1.29 is 13.9 Å². The predicted molar refractivity (Wildman–Crippen MR) is 123 cm³/mol. The van der Waals surface area contributed by atoms with Crippen LogP contribution in [0.3, 0.4) is 0 Å². The minimum atomic E-state index is -0.228. The van der Waals surface area contributed by atoms with Crippen molar-refractivity contribution in [1.82, 2.24) is 10.3 Å². The number of H-pyrrole nitrogens is 1. The number of benzene rings is 3. The first-order chi connectivity index (χ1) is 15.1. The number of halogens is 1. The Bertz CT molecular complexity index is 1150. The smallest absolute Gasteiger partial charge is 0.164 e. The van der Waals surface area contributed by atoms with Gasteiger partial charge < -0.3 is 19.8 Å². The quantitative estimate of drug-likeness (QED) is 0.380. The van der Waals surface area contributed by atoms with Crippen molar-refractivity contribution in [2.75, 3.05) is 20.8 Å². The van der Waals surface area contributed by atoms with Crippen molar-refractivity contribution in [3.63, 3.8) is 0 Å². The van der Waals surface area contributed by atoms with Crippen molar-refractivity contribution in [2.45, 2.75) is 18.9 Å². The van der Waals surface area contributed by atoms with E-state index < -0.39 is 0 Å². The molecule has 0 amide bonds. The molecule has 160 valence electrons. The molecule has 0 aliphatic rings. The molecule has 0 saturated heterocycles. The lowest BCUT2D eigenvalue weighted by Gasteiger charge is -2.24. The van der Waals surface area contributed by atoms with E-state index in [1.165, 1.54) is 23.1 Å². The summed E-state index contributed by atoms with van der Waals surface area (Å²) in [5, 5.41) is 4.80. The topological polar surface area (TPSA) is 46.3 Å². The van der Waals surface area contributed by atoms with Crippen LogP contribution in [0, 0.1) is 5.82 Å². The highest BCUT2D eigenvalue weighted by Gasteiger charge is 2.24. The molecule has 0 radical (unpaired) electrons. The van der Waals surface area contributed by atoms with Gasteiger partial charge in [0, 0.05) is 41.2 Å². The lowest BCUT2D eigenvalue weighted by molar-refractivity contribution is 0.350. The first kappa shape index (κ1) is 20.9. The number of hydrogen-bond acceptors (Lipinski definition) is 3. The summed E-state index contributed by atoms with van der Waals surface area (Å²) in [6.45, 7) is 2.76. The summed E-state index contributed by atoms with van der Waals surface area (Å²) in [4.78, 5) is 3.39. The molecule has 31 heavy (non-hydrogen) atoms. The van der Waals surface area contributed by atoms with Crippen molar-refractivity contribution in [1.29, 1.82) is 0 Å². The third-order valence-electron chi connectivity index (χ3n) is 5.80. The summed E-state index contributed by atoms with van der Waals surface area (Å²) in [5.74, 6) is 1.23. The molecular weight excluding hydrogens is 391 g/mol. The summed E-state index contributed by atoms with van der Waals surface area (Å²) >= 11 is 0. The Morgan fingerprint density at radius 3 is 2.42 bits per heavy atom. The van der Waals surface area contributed by atoms with Crippen LogP contribution in [0.15, 0.2) is 72.9 Å². The van der Waals surface area contributed by atoms with E-state index in [1.54, 1.807) is 14.2 Å². The van der Waals surface area contributed by atoms with Crippen LogP contribution in [0.5, 0.6) is 11.5 Å². The van der Waals surface area contributed by atoms with Gasteiger partial charge in [0.15, 0.2) is 11.5 Å². The highest BCUT2D eigenvalue weighted by atomic mass is 19.1. The molecule has 0 fully saturated rings. The van der Waals surface area contributed by atoms with E-state index in [2.05, 4.69) is 41.6 Å². The maximum Gasteiger partial charge on any atom is 0.164 e. The second kappa shape index (κ2) is 9.23. The van der Waals surface area contributed by atoms with Gasteiger partial charge in [-0.1, -0.05) is 42.5 Å². The van der Waals surface area contributed by atoms with Crippen LogP contribution in [0.1, 0.15) is 35.6 Å². The molecule has 0 unspecified atom stereocenters. The maximum absolute atomic E-state index is 13.3. The van der Waals surface area contributed by atoms with E-state index >= 15 is 0 Å². The lowest BCUT2D eigenvalue weighted by Crippen LogP contribution is -2.25. The molecule has 2 N–H and O–H groups in total. The van der Waals surface area contributed by atoms with E-state index in [0.717, 1.165) is 22.4 Å². The van der Waals surface area contributed by atoms with Gasteiger partial charge in [0.05, 0.1) is 14.2 Å². The molecule has 3 aromatic carbocycles. The van der Waals surface area contributed by atoms with Crippen molar-refractivity contribution in [3.05, 3.63) is 95.4 Å². The van der Waals surface area contributed by atoms with Crippen LogP contribution >= 0.6 is 0 Å². The Labute approximate surface area is 182 Å². The molecule has 4 aromatic rings. The number of fused-ring (bicyclic) bond motifs is 1. The Morgan fingerprint density at radius 2 is 1.68 bits per heavy atom. The number of para-hydroxylation sites is 2. The molecular formula is C26H27FN2O2. The van der Waals surface area contributed by atoms with Gasteiger partial charge in [0.25, 0.3) is 0 Å². The third-order valence-corrected chi connectivity index (χ3v) is 5.80. The van der Waals surface area contributed by atoms with Gasteiger partial charge in [-0.25, -0.2) is 4.39 Å². The Balaban J connectivity index is 1.72. The van der Waals surface area contributed by atoms with E-state index in [9.17, 15) is 4.39 Å². The number of methoxy groups -OCH3 is 2. The van der Waals surface area contributed by atoms with E-state index in [-0.39, 0.29) is 17.8 Å². The summed E-state index contributed by atoms with van der Waals surface area (Å²) in [6, 6.07) is 20.9. The number of aromatic amines is 1. The number of nitrogens with one attached hydrogen (secondary N) is 2. The van der Waals surface area contributed by atoms with E-state index in [4.69, 9.17) is 9.47 Å². The first-order valence-corrected chi connectivity index (χ1v) is 10.4. The van der Waals surface area contributed by atoms with Gasteiger partial charge in [0.1, 0.15) is 5.82 Å². The van der Waals surface area contributed by atoms with Crippen LogP contribution in [0.4, 0.5) is 4.39 Å². The fourth-order valence-corrected chi connectivity index (χ4v) is 4.12. The van der Waals surface area contributed by atoms with E-state index in [1.807, 2.05) is 36.4 Å². The fourth-order valence-electron chi connectivity index (χ4n) is 4.12. The van der Waals surface area contributed by atoms with Crippen LogP contribution in [-0.4, -0.2) is 25.7 Å². The van der Waals surface area contributed by atoms with Crippen molar-refractivity contribution in [2.24, 2.45) is 0 Å². The number of rotatable bonds is 8. The molecule has 0 spiro atoms. The highest BCUT2D eigenvalue weighted by molar-refractivity contribution is 5.84. The lowest BCUT2D eigenvalue weighted by atomic mass is 9.89. The molecule has 4 nitrogen and oxygen atoms in total. The minimum Gasteiger partial charge on any atom is -0.493 e. The summed E-state index contributed by atoms with van der Waals surface area (Å²) in [6.07, 6.45) is 2.07. The second-order valence-corrected chi connectivity index (χ2v) is 7.61. The predicted octanol–water partition coefficient (Wildman–Crippen LogP) is 5.81. The van der Waals surface area contributed by atoms with Gasteiger partial charge in [-0.2, -0.15) is 0 Å². The number of aromatic nitrogens is 1. The summed E-state index contributed by atoms with van der Waals surface area (Å²) in [5.41, 5.74) is 4.36. The van der Waals surface area contributed by atoms with Crippen LogP contribution in [0.2, 0.25) is 0 Å². The summed E-state index contributed by atoms with van der Waals surface area (Å²) in [7, 11) is 3.32. The molecule has 0 aliphatic heterocycles. The maximum atomic E-state index is 13.3. The van der Waals surface area contributed by atoms with Gasteiger partial charge in [-0.15, -0.1) is 0 Å². The SMILES string of the molecule is COc1cccc([C@H](CN[C@H](C)c2ccc(F)cc2)c2c[nH]c3ccccc23)c1OC. The molecule has 2 atom stereocenters. The average Bonchev–Trinajstić information content (AvgIpc) is 3.23. The molecule has 5 heteroatoms. The fraction of sp³-hybridized carbons (Fsp3) is 0.231. The van der Waals surface area contributed by atoms with Crippen LogP contribution in [-0.2, 0) is 0 Å². The summed E-state index contributed by atoms with van der Waals surface area (Å²) < 4.78 is 24.6. The Hall–Kier alpha value is -3.31. The number of hydrogen-bond donors (Lipinski definition) is 2. The number of ether oxygens (including phenoxy) is 2. The average molecular weight is 419 g/mol. The van der Waals surface area contributed by atoms with Crippen molar-refractivity contribution >= 4 is 10.9 Å². The molecule has 0 bridgehead atoms. The highest BCUT2D eigenvalue weighted by Crippen LogP contribution is 2.40. The zero-order valence-electron chi connectivity index (χ0n) is 18.0.